The van der Waals surface area contributed by atoms with Crippen molar-refractivity contribution in [2.24, 2.45) is 0 Å². The SMILES string of the molecule is CS(=O)(=O)c1ccc(C2NCCc3[nH]cnc32)cc1. The van der Waals surface area contributed by atoms with Crippen LogP contribution in [0, 0.1) is 0 Å². The summed E-state index contributed by atoms with van der Waals surface area (Å²) in [5.74, 6) is 0. The van der Waals surface area contributed by atoms with Gasteiger partial charge >= 0.3 is 0 Å². The van der Waals surface area contributed by atoms with E-state index in [0.29, 0.717) is 4.90 Å². The second-order valence-electron chi connectivity index (χ2n) is 4.74. The second-order valence-corrected chi connectivity index (χ2v) is 6.76. The van der Waals surface area contributed by atoms with Crippen LogP contribution in [0.3, 0.4) is 0 Å². The van der Waals surface area contributed by atoms with Crippen molar-refractivity contribution in [3.05, 3.63) is 47.5 Å². The summed E-state index contributed by atoms with van der Waals surface area (Å²) < 4.78 is 22.9. The lowest BCUT2D eigenvalue weighted by molar-refractivity contribution is 0.553. The number of aromatic amines is 1. The molecule has 1 aromatic carbocycles. The van der Waals surface area contributed by atoms with E-state index in [0.717, 1.165) is 29.9 Å². The summed E-state index contributed by atoms with van der Waals surface area (Å²) in [6, 6.07) is 7.01. The van der Waals surface area contributed by atoms with Gasteiger partial charge in [-0.3, -0.25) is 0 Å². The zero-order valence-corrected chi connectivity index (χ0v) is 11.4. The maximum Gasteiger partial charge on any atom is 0.175 e. The van der Waals surface area contributed by atoms with Crippen LogP contribution in [0.4, 0.5) is 0 Å². The first-order chi connectivity index (χ1) is 9.05. The van der Waals surface area contributed by atoms with Crippen LogP contribution >= 0.6 is 0 Å². The Balaban J connectivity index is 1.97. The Bertz CT molecular complexity index is 689. The molecule has 0 radical (unpaired) electrons. The summed E-state index contributed by atoms with van der Waals surface area (Å²) >= 11 is 0. The van der Waals surface area contributed by atoms with E-state index in [4.69, 9.17) is 0 Å². The second kappa shape index (κ2) is 4.47. The average molecular weight is 277 g/mol. The highest BCUT2D eigenvalue weighted by Gasteiger charge is 2.23. The Kier molecular flexibility index (Phi) is 2.91. The lowest BCUT2D eigenvalue weighted by atomic mass is 9.98. The van der Waals surface area contributed by atoms with Crippen molar-refractivity contribution in [1.29, 1.82) is 0 Å². The summed E-state index contributed by atoms with van der Waals surface area (Å²) in [4.78, 5) is 7.84. The van der Waals surface area contributed by atoms with Crippen molar-refractivity contribution in [2.75, 3.05) is 12.8 Å². The first kappa shape index (κ1) is 12.4. The minimum atomic E-state index is -3.14. The fraction of sp³-hybridized carbons (Fsp3) is 0.308. The zero-order valence-electron chi connectivity index (χ0n) is 10.6. The summed E-state index contributed by atoms with van der Waals surface area (Å²) in [7, 11) is -3.14. The summed E-state index contributed by atoms with van der Waals surface area (Å²) in [6.45, 7) is 0.883. The number of nitrogens with one attached hydrogen (secondary N) is 2. The minimum Gasteiger partial charge on any atom is -0.348 e. The molecule has 1 aromatic heterocycles. The van der Waals surface area contributed by atoms with Gasteiger partial charge in [-0.05, 0) is 17.7 Å². The van der Waals surface area contributed by atoms with Crippen LogP contribution in [-0.2, 0) is 16.3 Å². The van der Waals surface area contributed by atoms with Crippen molar-refractivity contribution in [3.63, 3.8) is 0 Å². The van der Waals surface area contributed by atoms with Gasteiger partial charge < -0.3 is 10.3 Å². The number of hydrogen-bond acceptors (Lipinski definition) is 4. The van der Waals surface area contributed by atoms with Crippen molar-refractivity contribution >= 4 is 9.84 Å². The van der Waals surface area contributed by atoms with Gasteiger partial charge in [0, 0.05) is 24.9 Å². The molecule has 0 amide bonds. The van der Waals surface area contributed by atoms with Crippen molar-refractivity contribution in [2.45, 2.75) is 17.4 Å². The number of H-pyrrole nitrogens is 1. The number of rotatable bonds is 2. The first-order valence-corrected chi connectivity index (χ1v) is 8.00. The molecule has 1 unspecified atom stereocenters. The predicted molar refractivity (Wildman–Crippen MR) is 71.7 cm³/mol. The molecule has 2 N–H and O–H groups in total. The number of fused-ring (bicyclic) bond motifs is 1. The molecule has 0 aliphatic carbocycles. The summed E-state index contributed by atoms with van der Waals surface area (Å²) in [5, 5.41) is 3.40. The Hall–Kier alpha value is -1.66. The highest BCUT2D eigenvalue weighted by atomic mass is 32.2. The number of hydrogen-bond donors (Lipinski definition) is 2. The summed E-state index contributed by atoms with van der Waals surface area (Å²) in [6.07, 6.45) is 3.86. The van der Waals surface area contributed by atoms with Gasteiger partial charge in [-0.2, -0.15) is 0 Å². The highest BCUT2D eigenvalue weighted by molar-refractivity contribution is 7.90. The van der Waals surface area contributed by atoms with E-state index in [9.17, 15) is 8.42 Å². The van der Waals surface area contributed by atoms with Crippen molar-refractivity contribution in [3.8, 4) is 0 Å². The largest absolute Gasteiger partial charge is 0.348 e. The van der Waals surface area contributed by atoms with E-state index in [1.54, 1.807) is 18.5 Å². The van der Waals surface area contributed by atoms with Gasteiger partial charge in [0.05, 0.1) is 23.0 Å². The van der Waals surface area contributed by atoms with Crippen LogP contribution in [0.5, 0.6) is 0 Å². The van der Waals surface area contributed by atoms with E-state index in [2.05, 4.69) is 15.3 Å². The molecule has 0 saturated carbocycles. The van der Waals surface area contributed by atoms with Crippen LogP contribution < -0.4 is 5.32 Å². The smallest absolute Gasteiger partial charge is 0.175 e. The van der Waals surface area contributed by atoms with Crippen LogP contribution in [0.1, 0.15) is 23.0 Å². The molecule has 0 bridgehead atoms. The third-order valence-electron chi connectivity index (χ3n) is 3.39. The van der Waals surface area contributed by atoms with E-state index >= 15 is 0 Å². The number of nitrogens with zero attached hydrogens (tertiary/aromatic N) is 1. The topological polar surface area (TPSA) is 74.8 Å². The monoisotopic (exact) mass is 277 g/mol. The highest BCUT2D eigenvalue weighted by Crippen LogP contribution is 2.26. The molecule has 1 aliphatic rings. The van der Waals surface area contributed by atoms with Gasteiger partial charge in [0.1, 0.15) is 0 Å². The Morgan fingerprint density at radius 3 is 2.68 bits per heavy atom. The Morgan fingerprint density at radius 1 is 1.26 bits per heavy atom. The van der Waals surface area contributed by atoms with Crippen LogP contribution in [0.2, 0.25) is 0 Å². The normalized spacial score (nSPS) is 19.1. The van der Waals surface area contributed by atoms with Gasteiger partial charge in [-0.25, -0.2) is 13.4 Å². The average Bonchev–Trinajstić information content (AvgIpc) is 2.86. The zero-order chi connectivity index (χ0) is 13.5. The fourth-order valence-electron chi connectivity index (χ4n) is 2.40. The van der Waals surface area contributed by atoms with Gasteiger partial charge in [-0.15, -0.1) is 0 Å². The number of benzene rings is 1. The van der Waals surface area contributed by atoms with Crippen LogP contribution in [0.25, 0.3) is 0 Å². The maximum absolute atomic E-state index is 11.4. The molecule has 100 valence electrons. The van der Waals surface area contributed by atoms with Gasteiger partial charge in [0.25, 0.3) is 0 Å². The predicted octanol–water partition coefficient (Wildman–Crippen LogP) is 1.05. The molecule has 1 aliphatic heterocycles. The third-order valence-corrected chi connectivity index (χ3v) is 4.52. The van der Waals surface area contributed by atoms with Crippen molar-refractivity contribution < 1.29 is 8.42 Å². The number of aromatic nitrogens is 2. The van der Waals surface area contributed by atoms with Crippen LogP contribution in [0.15, 0.2) is 35.5 Å². The molecule has 0 spiro atoms. The quantitative estimate of drug-likeness (QED) is 0.860. The molecule has 3 rings (SSSR count). The van der Waals surface area contributed by atoms with E-state index in [1.807, 2.05) is 12.1 Å². The molecule has 19 heavy (non-hydrogen) atoms. The maximum atomic E-state index is 11.4. The van der Waals surface area contributed by atoms with Crippen LogP contribution in [-0.4, -0.2) is 31.2 Å². The molecule has 5 nitrogen and oxygen atoms in total. The van der Waals surface area contributed by atoms with E-state index in [1.165, 1.54) is 6.26 Å². The third kappa shape index (κ3) is 2.29. The molecule has 2 heterocycles. The Morgan fingerprint density at radius 2 is 2.00 bits per heavy atom. The fourth-order valence-corrected chi connectivity index (χ4v) is 3.03. The van der Waals surface area contributed by atoms with Gasteiger partial charge in [-0.1, -0.05) is 12.1 Å². The number of imidazole rings is 1. The van der Waals surface area contributed by atoms with Crippen molar-refractivity contribution in [1.82, 2.24) is 15.3 Å². The molecule has 1 atom stereocenters. The Labute approximate surface area is 112 Å². The van der Waals surface area contributed by atoms with Gasteiger partial charge in [0.15, 0.2) is 9.84 Å². The standard InChI is InChI=1S/C13H15N3O2S/c1-19(17,18)10-4-2-9(3-5-10)12-13-11(6-7-14-12)15-8-16-13/h2-5,8,12,14H,6-7H2,1H3,(H,15,16). The summed E-state index contributed by atoms with van der Waals surface area (Å²) in [5.41, 5.74) is 3.18. The molecular formula is C13H15N3O2S. The minimum absolute atomic E-state index is 0.0311. The molecule has 6 heteroatoms. The molecule has 0 fully saturated rings. The molecule has 2 aromatic rings. The van der Waals surface area contributed by atoms with E-state index < -0.39 is 9.84 Å². The van der Waals surface area contributed by atoms with E-state index in [-0.39, 0.29) is 6.04 Å². The first-order valence-electron chi connectivity index (χ1n) is 6.11. The lowest BCUT2D eigenvalue weighted by Gasteiger charge is -2.23. The molecule has 0 saturated heterocycles. The van der Waals surface area contributed by atoms with Gasteiger partial charge in [0.2, 0.25) is 0 Å². The molecular weight excluding hydrogens is 262 g/mol. The number of sulfone groups is 1. The lowest BCUT2D eigenvalue weighted by Crippen LogP contribution is -2.30.